The highest BCUT2D eigenvalue weighted by molar-refractivity contribution is 5.80. The van der Waals surface area contributed by atoms with Gasteiger partial charge >= 0.3 is 0 Å². The fourth-order valence-electron chi connectivity index (χ4n) is 2.65. The van der Waals surface area contributed by atoms with Gasteiger partial charge in [0.15, 0.2) is 0 Å². The smallest absolute Gasteiger partial charge is 0.0450 e. The van der Waals surface area contributed by atoms with E-state index in [0.717, 1.165) is 28.1 Å². The standard InChI is InChI=1S/C21H20N2/c1-16(21-10-7-15-22-17(21)2)18-11-13-20(14-12-18)23(3)19-8-5-4-6-9-19/h4-15H,1H2,2-3H3. The summed E-state index contributed by atoms with van der Waals surface area (Å²) < 4.78 is 0. The lowest BCUT2D eigenvalue weighted by Gasteiger charge is -2.20. The van der Waals surface area contributed by atoms with Crippen LogP contribution < -0.4 is 4.90 Å². The van der Waals surface area contributed by atoms with Crippen LogP contribution in [0, 0.1) is 6.92 Å². The van der Waals surface area contributed by atoms with E-state index in [9.17, 15) is 0 Å². The summed E-state index contributed by atoms with van der Waals surface area (Å²) in [5.74, 6) is 0. The van der Waals surface area contributed by atoms with Crippen LogP contribution in [0.3, 0.4) is 0 Å². The Labute approximate surface area is 137 Å². The number of aromatic nitrogens is 1. The molecule has 0 unspecified atom stereocenters. The summed E-state index contributed by atoms with van der Waals surface area (Å²) in [6, 6.07) is 22.8. The Bertz CT molecular complexity index is 805. The molecule has 0 aliphatic rings. The van der Waals surface area contributed by atoms with Crippen molar-refractivity contribution in [3.63, 3.8) is 0 Å². The van der Waals surface area contributed by atoms with Crippen molar-refractivity contribution in [2.24, 2.45) is 0 Å². The number of hydrogen-bond acceptors (Lipinski definition) is 2. The molecule has 2 nitrogen and oxygen atoms in total. The summed E-state index contributed by atoms with van der Waals surface area (Å²) in [6.07, 6.45) is 1.81. The summed E-state index contributed by atoms with van der Waals surface area (Å²) in [4.78, 5) is 6.51. The molecule has 2 aromatic carbocycles. The average Bonchev–Trinajstić information content (AvgIpc) is 2.62. The van der Waals surface area contributed by atoms with Crippen molar-refractivity contribution in [1.82, 2.24) is 4.98 Å². The largest absolute Gasteiger partial charge is 0.345 e. The van der Waals surface area contributed by atoms with Gasteiger partial charge in [0, 0.05) is 35.9 Å². The SMILES string of the molecule is C=C(c1ccc(N(C)c2ccccc2)cc1)c1cccnc1C. The van der Waals surface area contributed by atoms with Crippen LogP contribution in [-0.2, 0) is 0 Å². The predicted molar refractivity (Wildman–Crippen MR) is 98.1 cm³/mol. The van der Waals surface area contributed by atoms with Crippen LogP contribution in [0.15, 0.2) is 79.5 Å². The molecule has 114 valence electrons. The number of hydrogen-bond donors (Lipinski definition) is 0. The topological polar surface area (TPSA) is 16.1 Å². The Kier molecular flexibility index (Phi) is 4.24. The molecule has 0 spiro atoms. The molecule has 0 aliphatic heterocycles. The van der Waals surface area contributed by atoms with Crippen molar-refractivity contribution in [3.8, 4) is 0 Å². The van der Waals surface area contributed by atoms with Gasteiger partial charge in [0.1, 0.15) is 0 Å². The number of rotatable bonds is 4. The van der Waals surface area contributed by atoms with Crippen molar-refractivity contribution < 1.29 is 0 Å². The number of nitrogens with zero attached hydrogens (tertiary/aromatic N) is 2. The number of anilines is 2. The highest BCUT2D eigenvalue weighted by Crippen LogP contribution is 2.27. The lowest BCUT2D eigenvalue weighted by Crippen LogP contribution is -2.08. The summed E-state index contributed by atoms with van der Waals surface area (Å²) >= 11 is 0. The minimum absolute atomic E-state index is 1.00. The third-order valence-electron chi connectivity index (χ3n) is 4.08. The minimum Gasteiger partial charge on any atom is -0.345 e. The molecule has 0 bridgehead atoms. The van der Waals surface area contributed by atoms with Gasteiger partial charge < -0.3 is 4.90 Å². The fourth-order valence-corrected chi connectivity index (χ4v) is 2.65. The fraction of sp³-hybridized carbons (Fsp3) is 0.0952. The summed E-state index contributed by atoms with van der Waals surface area (Å²) in [5.41, 5.74) is 6.54. The Balaban J connectivity index is 1.85. The molecule has 0 amide bonds. The van der Waals surface area contributed by atoms with Crippen molar-refractivity contribution in [2.75, 3.05) is 11.9 Å². The van der Waals surface area contributed by atoms with Crippen LogP contribution in [0.25, 0.3) is 5.57 Å². The molecule has 0 fully saturated rings. The average molecular weight is 300 g/mol. The quantitative estimate of drug-likeness (QED) is 0.656. The van der Waals surface area contributed by atoms with Crippen molar-refractivity contribution >= 4 is 16.9 Å². The van der Waals surface area contributed by atoms with Gasteiger partial charge in [-0.3, -0.25) is 4.98 Å². The van der Waals surface area contributed by atoms with Gasteiger partial charge in [-0.2, -0.15) is 0 Å². The van der Waals surface area contributed by atoms with Gasteiger partial charge in [-0.1, -0.05) is 43.0 Å². The van der Waals surface area contributed by atoms with Crippen LogP contribution in [-0.4, -0.2) is 12.0 Å². The second-order valence-corrected chi connectivity index (χ2v) is 5.56. The first-order chi connectivity index (χ1) is 11.2. The zero-order chi connectivity index (χ0) is 16.2. The van der Waals surface area contributed by atoms with E-state index in [-0.39, 0.29) is 0 Å². The van der Waals surface area contributed by atoms with E-state index in [1.54, 1.807) is 0 Å². The van der Waals surface area contributed by atoms with E-state index in [1.807, 2.05) is 37.4 Å². The van der Waals surface area contributed by atoms with Crippen molar-refractivity contribution in [1.29, 1.82) is 0 Å². The van der Waals surface area contributed by atoms with E-state index in [1.165, 1.54) is 5.69 Å². The zero-order valence-corrected chi connectivity index (χ0v) is 13.5. The molecule has 0 atom stereocenters. The summed E-state index contributed by atoms with van der Waals surface area (Å²) in [6.45, 7) is 6.25. The van der Waals surface area contributed by atoms with Gasteiger partial charge in [-0.15, -0.1) is 0 Å². The van der Waals surface area contributed by atoms with Crippen LogP contribution >= 0.6 is 0 Å². The summed E-state index contributed by atoms with van der Waals surface area (Å²) in [5, 5.41) is 0. The molecule has 0 radical (unpaired) electrons. The zero-order valence-electron chi connectivity index (χ0n) is 13.5. The molecule has 3 rings (SSSR count). The van der Waals surface area contributed by atoms with Gasteiger partial charge in [0.05, 0.1) is 0 Å². The van der Waals surface area contributed by atoms with E-state index in [4.69, 9.17) is 0 Å². The second-order valence-electron chi connectivity index (χ2n) is 5.56. The highest BCUT2D eigenvalue weighted by Gasteiger charge is 2.08. The van der Waals surface area contributed by atoms with E-state index in [0.29, 0.717) is 0 Å². The molecule has 0 N–H and O–H groups in total. The highest BCUT2D eigenvalue weighted by atomic mass is 15.1. The number of benzene rings is 2. The van der Waals surface area contributed by atoms with Gasteiger partial charge in [0.2, 0.25) is 0 Å². The predicted octanol–water partition coefficient (Wildman–Crippen LogP) is 5.22. The first-order valence-corrected chi connectivity index (χ1v) is 7.67. The van der Waals surface area contributed by atoms with Gasteiger partial charge in [-0.25, -0.2) is 0 Å². The Hall–Kier alpha value is -2.87. The third-order valence-corrected chi connectivity index (χ3v) is 4.08. The first kappa shape index (κ1) is 15.0. The van der Waals surface area contributed by atoms with Crippen molar-refractivity contribution in [3.05, 3.63) is 96.3 Å². The van der Waals surface area contributed by atoms with Gasteiger partial charge in [-0.05, 0) is 48.4 Å². The summed E-state index contributed by atoms with van der Waals surface area (Å²) in [7, 11) is 2.07. The van der Waals surface area contributed by atoms with Crippen LogP contribution in [0.1, 0.15) is 16.8 Å². The van der Waals surface area contributed by atoms with Gasteiger partial charge in [0.25, 0.3) is 0 Å². The molecule has 23 heavy (non-hydrogen) atoms. The Morgan fingerprint density at radius 3 is 2.17 bits per heavy atom. The maximum Gasteiger partial charge on any atom is 0.0450 e. The molecule has 0 saturated carbocycles. The second kappa shape index (κ2) is 6.49. The molecule has 1 heterocycles. The van der Waals surface area contributed by atoms with E-state index in [2.05, 4.69) is 66.0 Å². The van der Waals surface area contributed by atoms with Crippen LogP contribution in [0.4, 0.5) is 11.4 Å². The van der Waals surface area contributed by atoms with Crippen LogP contribution in [0.2, 0.25) is 0 Å². The first-order valence-electron chi connectivity index (χ1n) is 7.67. The molecular formula is C21H20N2. The number of pyridine rings is 1. The van der Waals surface area contributed by atoms with E-state index < -0.39 is 0 Å². The number of para-hydroxylation sites is 1. The lowest BCUT2D eigenvalue weighted by molar-refractivity contribution is 1.18. The Morgan fingerprint density at radius 1 is 0.870 bits per heavy atom. The molecule has 0 saturated heterocycles. The number of aryl methyl sites for hydroxylation is 1. The molecule has 0 aliphatic carbocycles. The monoisotopic (exact) mass is 300 g/mol. The van der Waals surface area contributed by atoms with Crippen molar-refractivity contribution in [2.45, 2.75) is 6.92 Å². The molecule has 2 heteroatoms. The Morgan fingerprint density at radius 2 is 1.52 bits per heavy atom. The maximum absolute atomic E-state index is 4.34. The molecule has 1 aromatic heterocycles. The normalized spacial score (nSPS) is 10.3. The maximum atomic E-state index is 4.34. The van der Waals surface area contributed by atoms with E-state index >= 15 is 0 Å². The minimum atomic E-state index is 1.00. The van der Waals surface area contributed by atoms with Crippen LogP contribution in [0.5, 0.6) is 0 Å². The molecular weight excluding hydrogens is 280 g/mol. The molecule has 3 aromatic rings. The third kappa shape index (κ3) is 3.16. The lowest BCUT2D eigenvalue weighted by atomic mass is 9.98.